The highest BCUT2D eigenvalue weighted by atomic mass is 15.0. The van der Waals surface area contributed by atoms with E-state index in [9.17, 15) is 0 Å². The number of hydrogen-bond donors (Lipinski definition) is 2. The smallest absolute Gasteiger partial charge is 0.162 e. The van der Waals surface area contributed by atoms with Crippen molar-refractivity contribution < 1.29 is 0 Å². The van der Waals surface area contributed by atoms with Crippen molar-refractivity contribution in [3.05, 3.63) is 46.8 Å². The Labute approximate surface area is 118 Å². The van der Waals surface area contributed by atoms with E-state index in [1.807, 2.05) is 13.1 Å². The van der Waals surface area contributed by atoms with Crippen LogP contribution in [0.2, 0.25) is 0 Å². The van der Waals surface area contributed by atoms with Crippen molar-refractivity contribution in [2.24, 2.45) is 5.73 Å². The second-order valence-corrected chi connectivity index (χ2v) is 5.19. The van der Waals surface area contributed by atoms with Gasteiger partial charge in [0.25, 0.3) is 0 Å². The summed E-state index contributed by atoms with van der Waals surface area (Å²) in [4.78, 5) is 12.5. The molecular formula is C16H18N4. The summed E-state index contributed by atoms with van der Waals surface area (Å²) in [5.41, 5.74) is 12.1. The van der Waals surface area contributed by atoms with Gasteiger partial charge in [0.15, 0.2) is 5.82 Å². The highest BCUT2D eigenvalue weighted by molar-refractivity contribution is 5.84. The lowest BCUT2D eigenvalue weighted by atomic mass is 10.0. The third-order valence-electron chi connectivity index (χ3n) is 3.65. The van der Waals surface area contributed by atoms with Crippen molar-refractivity contribution in [3.63, 3.8) is 0 Å². The van der Waals surface area contributed by atoms with Crippen molar-refractivity contribution in [2.75, 3.05) is 0 Å². The van der Waals surface area contributed by atoms with Crippen LogP contribution in [0.5, 0.6) is 0 Å². The summed E-state index contributed by atoms with van der Waals surface area (Å²) < 4.78 is 0. The molecule has 1 aromatic carbocycles. The first-order chi connectivity index (χ1) is 9.60. The highest BCUT2D eigenvalue weighted by Crippen LogP contribution is 2.26. The minimum Gasteiger partial charge on any atom is -0.346 e. The van der Waals surface area contributed by atoms with E-state index in [-0.39, 0.29) is 0 Å². The monoisotopic (exact) mass is 266 g/mol. The second kappa shape index (κ2) is 4.72. The van der Waals surface area contributed by atoms with Gasteiger partial charge in [0.05, 0.1) is 5.69 Å². The lowest BCUT2D eigenvalue weighted by Crippen LogP contribution is -1.99. The molecule has 0 saturated heterocycles. The quantitative estimate of drug-likeness (QED) is 0.749. The second-order valence-electron chi connectivity index (χ2n) is 5.19. The summed E-state index contributed by atoms with van der Waals surface area (Å²) in [5.74, 6) is 0.765. The van der Waals surface area contributed by atoms with E-state index in [4.69, 9.17) is 5.73 Å². The number of rotatable bonds is 2. The van der Waals surface area contributed by atoms with E-state index >= 15 is 0 Å². The number of benzene rings is 1. The Kier molecular flexibility index (Phi) is 3.03. The summed E-state index contributed by atoms with van der Waals surface area (Å²) in [6.45, 7) is 6.66. The van der Waals surface area contributed by atoms with Crippen LogP contribution in [-0.2, 0) is 6.54 Å². The van der Waals surface area contributed by atoms with Gasteiger partial charge in [-0.3, -0.25) is 0 Å². The Bertz CT molecular complexity index is 787. The van der Waals surface area contributed by atoms with Crippen molar-refractivity contribution in [3.8, 4) is 11.4 Å². The van der Waals surface area contributed by atoms with Gasteiger partial charge in [0, 0.05) is 23.7 Å². The number of nitrogens with zero attached hydrogens (tertiary/aromatic N) is 2. The van der Waals surface area contributed by atoms with Crippen LogP contribution in [0, 0.1) is 20.8 Å². The molecule has 0 saturated carbocycles. The topological polar surface area (TPSA) is 67.6 Å². The fraction of sp³-hybridized carbons (Fsp3) is 0.250. The maximum atomic E-state index is 5.75. The van der Waals surface area contributed by atoms with Crippen LogP contribution in [0.25, 0.3) is 22.4 Å². The molecule has 0 amide bonds. The lowest BCUT2D eigenvalue weighted by Gasteiger charge is -2.08. The van der Waals surface area contributed by atoms with Gasteiger partial charge in [-0.25, -0.2) is 9.97 Å². The van der Waals surface area contributed by atoms with Gasteiger partial charge in [0.2, 0.25) is 0 Å². The van der Waals surface area contributed by atoms with Crippen molar-refractivity contribution in [2.45, 2.75) is 27.3 Å². The molecule has 4 nitrogen and oxygen atoms in total. The van der Waals surface area contributed by atoms with Crippen LogP contribution < -0.4 is 5.73 Å². The fourth-order valence-electron chi connectivity index (χ4n) is 2.55. The first kappa shape index (κ1) is 12.8. The third kappa shape index (κ3) is 1.98. The van der Waals surface area contributed by atoms with E-state index in [1.165, 1.54) is 11.1 Å². The number of aromatic nitrogens is 3. The molecule has 3 aromatic rings. The number of nitrogens with two attached hydrogens (primary N) is 1. The molecule has 2 aromatic heterocycles. The van der Waals surface area contributed by atoms with Gasteiger partial charge in [-0.2, -0.15) is 0 Å². The zero-order chi connectivity index (χ0) is 14.3. The van der Waals surface area contributed by atoms with E-state index in [1.54, 1.807) is 0 Å². The maximum Gasteiger partial charge on any atom is 0.162 e. The average Bonchev–Trinajstić information content (AvgIpc) is 2.85. The van der Waals surface area contributed by atoms with Crippen molar-refractivity contribution >= 4 is 11.0 Å². The highest BCUT2D eigenvalue weighted by Gasteiger charge is 2.12. The van der Waals surface area contributed by atoms with Gasteiger partial charge in [-0.1, -0.05) is 17.7 Å². The average molecular weight is 266 g/mol. The molecule has 0 aliphatic rings. The van der Waals surface area contributed by atoms with Crippen molar-refractivity contribution in [1.29, 1.82) is 0 Å². The fourth-order valence-corrected chi connectivity index (χ4v) is 2.55. The number of aryl methyl sites for hydroxylation is 3. The Hall–Kier alpha value is -2.20. The lowest BCUT2D eigenvalue weighted by molar-refractivity contribution is 1.08. The first-order valence-electron chi connectivity index (χ1n) is 6.72. The van der Waals surface area contributed by atoms with Gasteiger partial charge in [0.1, 0.15) is 5.65 Å². The zero-order valence-electron chi connectivity index (χ0n) is 12.0. The molecule has 0 unspecified atom stereocenters. The molecule has 4 heteroatoms. The molecule has 20 heavy (non-hydrogen) atoms. The van der Waals surface area contributed by atoms with Crippen LogP contribution in [0.4, 0.5) is 0 Å². The van der Waals surface area contributed by atoms with Crippen LogP contribution >= 0.6 is 0 Å². The van der Waals surface area contributed by atoms with Gasteiger partial charge >= 0.3 is 0 Å². The molecular weight excluding hydrogens is 248 g/mol. The maximum absolute atomic E-state index is 5.75. The molecule has 0 aliphatic carbocycles. The largest absolute Gasteiger partial charge is 0.346 e. The Morgan fingerprint density at radius 2 is 1.95 bits per heavy atom. The summed E-state index contributed by atoms with van der Waals surface area (Å²) in [6, 6.07) is 6.34. The van der Waals surface area contributed by atoms with Crippen LogP contribution in [0.3, 0.4) is 0 Å². The SMILES string of the molecule is Cc1ccc(C)c(-c2nc(C)c3c(CN)c[nH]c3n2)c1. The van der Waals surface area contributed by atoms with E-state index in [0.717, 1.165) is 33.7 Å². The van der Waals surface area contributed by atoms with E-state index in [0.29, 0.717) is 6.54 Å². The third-order valence-corrected chi connectivity index (χ3v) is 3.65. The van der Waals surface area contributed by atoms with Gasteiger partial charge < -0.3 is 10.7 Å². The number of nitrogens with one attached hydrogen (secondary N) is 1. The van der Waals surface area contributed by atoms with E-state index < -0.39 is 0 Å². The molecule has 0 fully saturated rings. The summed E-state index contributed by atoms with van der Waals surface area (Å²) in [5, 5.41) is 1.04. The molecule has 0 radical (unpaired) electrons. The molecule has 102 valence electrons. The Morgan fingerprint density at radius 1 is 1.15 bits per heavy atom. The summed E-state index contributed by atoms with van der Waals surface area (Å²) in [7, 11) is 0. The molecule has 2 heterocycles. The Morgan fingerprint density at radius 3 is 2.70 bits per heavy atom. The minimum atomic E-state index is 0.493. The minimum absolute atomic E-state index is 0.493. The standard InChI is InChI=1S/C16H18N4/c1-9-4-5-10(2)13(6-9)15-19-11(3)14-12(7-17)8-18-16(14)20-15/h4-6,8H,7,17H2,1-3H3,(H,18,19,20). The molecule has 0 atom stereocenters. The predicted octanol–water partition coefficient (Wildman–Crippen LogP) is 3.01. The number of fused-ring (bicyclic) bond motifs is 1. The molecule has 3 N–H and O–H groups in total. The molecule has 0 aliphatic heterocycles. The molecule has 0 bridgehead atoms. The van der Waals surface area contributed by atoms with Gasteiger partial charge in [-0.15, -0.1) is 0 Å². The first-order valence-corrected chi connectivity index (χ1v) is 6.72. The number of hydrogen-bond acceptors (Lipinski definition) is 3. The molecule has 3 rings (SSSR count). The van der Waals surface area contributed by atoms with E-state index in [2.05, 4.69) is 47.0 Å². The van der Waals surface area contributed by atoms with Crippen molar-refractivity contribution in [1.82, 2.24) is 15.0 Å². The summed E-state index contributed by atoms with van der Waals surface area (Å²) >= 11 is 0. The zero-order valence-corrected chi connectivity index (χ0v) is 12.0. The number of H-pyrrole nitrogens is 1. The Balaban J connectivity index is 2.25. The number of aromatic amines is 1. The molecule has 0 spiro atoms. The van der Waals surface area contributed by atoms with Gasteiger partial charge in [-0.05, 0) is 38.0 Å². The van der Waals surface area contributed by atoms with Crippen LogP contribution in [-0.4, -0.2) is 15.0 Å². The normalized spacial score (nSPS) is 11.2. The predicted molar refractivity (Wildman–Crippen MR) is 81.4 cm³/mol. The van der Waals surface area contributed by atoms with Crippen LogP contribution in [0.15, 0.2) is 24.4 Å². The summed E-state index contributed by atoms with van der Waals surface area (Å²) in [6.07, 6.45) is 1.92. The van der Waals surface area contributed by atoms with Crippen LogP contribution in [0.1, 0.15) is 22.4 Å².